The number of ether oxygens (including phenoxy) is 3. The Kier molecular flexibility index (Phi) is 3.19. The van der Waals surface area contributed by atoms with Gasteiger partial charge in [0.1, 0.15) is 5.75 Å². The standard InChI is InChI=1S/C17H15N3O3S/c1-2-12(6-18-3-1)21-9-11-7-20(8-11)17-19-13-4-14-15(23-10-22-14)5-16(13)24-17/h1-6,11H,7-10H2. The molecule has 7 heteroatoms. The van der Waals surface area contributed by atoms with Crippen LogP contribution in [0.25, 0.3) is 10.2 Å². The van der Waals surface area contributed by atoms with Crippen molar-refractivity contribution >= 4 is 26.7 Å². The molecule has 1 aromatic carbocycles. The molecule has 0 N–H and O–H groups in total. The molecule has 5 rings (SSSR count). The number of anilines is 1. The highest BCUT2D eigenvalue weighted by Crippen LogP contribution is 2.40. The maximum absolute atomic E-state index is 5.77. The fourth-order valence-electron chi connectivity index (χ4n) is 2.92. The molecule has 24 heavy (non-hydrogen) atoms. The molecule has 0 unspecified atom stereocenters. The van der Waals surface area contributed by atoms with Gasteiger partial charge in [0, 0.05) is 37.3 Å². The van der Waals surface area contributed by atoms with Gasteiger partial charge in [-0.1, -0.05) is 11.3 Å². The number of nitrogens with zero attached hydrogens (tertiary/aromatic N) is 3. The molecule has 4 heterocycles. The van der Waals surface area contributed by atoms with Gasteiger partial charge in [0.15, 0.2) is 16.6 Å². The summed E-state index contributed by atoms with van der Waals surface area (Å²) in [5.41, 5.74) is 0.967. The first-order valence-corrected chi connectivity index (χ1v) is 8.65. The molecule has 1 fully saturated rings. The summed E-state index contributed by atoms with van der Waals surface area (Å²) in [5, 5.41) is 1.05. The molecule has 6 nitrogen and oxygen atoms in total. The molecule has 0 amide bonds. The van der Waals surface area contributed by atoms with Crippen LogP contribution in [-0.2, 0) is 0 Å². The average molecular weight is 341 g/mol. The molecule has 1 saturated heterocycles. The van der Waals surface area contributed by atoms with Crippen LogP contribution in [0.1, 0.15) is 0 Å². The summed E-state index contributed by atoms with van der Waals surface area (Å²) < 4.78 is 17.7. The zero-order valence-electron chi connectivity index (χ0n) is 12.8. The SMILES string of the molecule is c1cncc(OCC2CN(c3nc4cc5c(cc4s3)OCO5)C2)c1. The van der Waals surface area contributed by atoms with Crippen LogP contribution in [0.4, 0.5) is 5.13 Å². The topological polar surface area (TPSA) is 56.7 Å². The van der Waals surface area contributed by atoms with Crippen molar-refractivity contribution in [2.45, 2.75) is 0 Å². The molecular formula is C17H15N3O3S. The number of pyridine rings is 1. The van der Waals surface area contributed by atoms with Crippen LogP contribution < -0.4 is 19.1 Å². The smallest absolute Gasteiger partial charge is 0.231 e. The molecule has 2 aromatic heterocycles. The number of thiazole rings is 1. The predicted molar refractivity (Wildman–Crippen MR) is 91.2 cm³/mol. The van der Waals surface area contributed by atoms with Crippen molar-refractivity contribution in [2.75, 3.05) is 31.4 Å². The molecule has 0 radical (unpaired) electrons. The van der Waals surface area contributed by atoms with Crippen molar-refractivity contribution in [3.63, 3.8) is 0 Å². The van der Waals surface area contributed by atoms with E-state index in [2.05, 4.69) is 9.88 Å². The Morgan fingerprint density at radius 2 is 2.12 bits per heavy atom. The third kappa shape index (κ3) is 2.41. The lowest BCUT2D eigenvalue weighted by atomic mass is 10.0. The summed E-state index contributed by atoms with van der Waals surface area (Å²) in [7, 11) is 0. The fourth-order valence-corrected chi connectivity index (χ4v) is 3.91. The number of fused-ring (bicyclic) bond motifs is 2. The van der Waals surface area contributed by atoms with E-state index in [1.165, 1.54) is 0 Å². The van der Waals surface area contributed by atoms with Crippen LogP contribution in [-0.4, -0.2) is 36.5 Å². The van der Waals surface area contributed by atoms with Gasteiger partial charge in [0.25, 0.3) is 0 Å². The van der Waals surface area contributed by atoms with Crippen molar-refractivity contribution in [3.8, 4) is 17.2 Å². The van der Waals surface area contributed by atoms with Gasteiger partial charge in [-0.3, -0.25) is 4.98 Å². The summed E-state index contributed by atoms with van der Waals surface area (Å²) in [6.45, 7) is 2.94. The largest absolute Gasteiger partial charge is 0.492 e. The van der Waals surface area contributed by atoms with Crippen LogP contribution >= 0.6 is 11.3 Å². The Labute approximate surface area is 142 Å². The zero-order chi connectivity index (χ0) is 15.9. The number of aromatic nitrogens is 2. The Morgan fingerprint density at radius 3 is 2.96 bits per heavy atom. The highest BCUT2D eigenvalue weighted by atomic mass is 32.1. The molecule has 0 atom stereocenters. The maximum atomic E-state index is 5.77. The number of rotatable bonds is 4. The van der Waals surface area contributed by atoms with Gasteiger partial charge < -0.3 is 19.1 Å². The van der Waals surface area contributed by atoms with E-state index in [0.717, 1.165) is 45.7 Å². The molecule has 2 aliphatic heterocycles. The van der Waals surface area contributed by atoms with Crippen molar-refractivity contribution < 1.29 is 14.2 Å². The van der Waals surface area contributed by atoms with E-state index >= 15 is 0 Å². The van der Waals surface area contributed by atoms with Gasteiger partial charge in [-0.05, 0) is 12.1 Å². The molecule has 0 aliphatic carbocycles. The van der Waals surface area contributed by atoms with E-state index in [0.29, 0.717) is 19.3 Å². The summed E-state index contributed by atoms with van der Waals surface area (Å²) in [5.74, 6) is 2.94. The molecule has 0 bridgehead atoms. The molecule has 0 spiro atoms. The summed E-state index contributed by atoms with van der Waals surface area (Å²) in [4.78, 5) is 11.1. The Hall–Kier alpha value is -2.54. The van der Waals surface area contributed by atoms with Gasteiger partial charge in [-0.2, -0.15) is 0 Å². The third-order valence-corrected chi connectivity index (χ3v) is 5.30. The molecule has 122 valence electrons. The Bertz CT molecular complexity index is 836. The summed E-state index contributed by atoms with van der Waals surface area (Å²) in [6.07, 6.45) is 3.49. The second-order valence-corrected chi connectivity index (χ2v) is 6.95. The lowest BCUT2D eigenvalue weighted by Crippen LogP contribution is -2.49. The van der Waals surface area contributed by atoms with Gasteiger partial charge in [-0.25, -0.2) is 4.98 Å². The monoisotopic (exact) mass is 341 g/mol. The van der Waals surface area contributed by atoms with Crippen LogP contribution in [0.3, 0.4) is 0 Å². The van der Waals surface area contributed by atoms with E-state index in [9.17, 15) is 0 Å². The second-order valence-electron chi connectivity index (χ2n) is 5.94. The van der Waals surface area contributed by atoms with E-state index < -0.39 is 0 Å². The van der Waals surface area contributed by atoms with E-state index in [-0.39, 0.29) is 0 Å². The van der Waals surface area contributed by atoms with Crippen molar-refractivity contribution in [3.05, 3.63) is 36.7 Å². The first kappa shape index (κ1) is 13.9. The molecular weight excluding hydrogens is 326 g/mol. The second kappa shape index (κ2) is 5.52. The number of hydrogen-bond acceptors (Lipinski definition) is 7. The van der Waals surface area contributed by atoms with Crippen molar-refractivity contribution in [2.24, 2.45) is 5.92 Å². The van der Waals surface area contributed by atoms with Gasteiger partial charge in [0.05, 0.1) is 23.0 Å². The van der Waals surface area contributed by atoms with Crippen LogP contribution in [0.15, 0.2) is 36.7 Å². The van der Waals surface area contributed by atoms with E-state index in [4.69, 9.17) is 19.2 Å². The maximum Gasteiger partial charge on any atom is 0.231 e. The van der Waals surface area contributed by atoms with E-state index in [1.807, 2.05) is 24.3 Å². The van der Waals surface area contributed by atoms with Crippen LogP contribution in [0, 0.1) is 5.92 Å². The first-order valence-electron chi connectivity index (χ1n) is 7.83. The average Bonchev–Trinajstić information content (AvgIpc) is 3.17. The lowest BCUT2D eigenvalue weighted by molar-refractivity contribution is 0.174. The van der Waals surface area contributed by atoms with Gasteiger partial charge in [0.2, 0.25) is 6.79 Å². The Balaban J connectivity index is 1.24. The predicted octanol–water partition coefficient (Wildman–Crippen LogP) is 2.94. The van der Waals surface area contributed by atoms with Crippen molar-refractivity contribution in [1.82, 2.24) is 9.97 Å². The normalized spacial score (nSPS) is 16.4. The van der Waals surface area contributed by atoms with Gasteiger partial charge >= 0.3 is 0 Å². The van der Waals surface area contributed by atoms with Crippen molar-refractivity contribution in [1.29, 1.82) is 0 Å². The fraction of sp³-hybridized carbons (Fsp3) is 0.294. The first-order chi connectivity index (χ1) is 11.8. The highest BCUT2D eigenvalue weighted by Gasteiger charge is 2.30. The van der Waals surface area contributed by atoms with E-state index in [1.54, 1.807) is 23.7 Å². The minimum atomic E-state index is 0.296. The summed E-state index contributed by atoms with van der Waals surface area (Å²) >= 11 is 1.69. The lowest BCUT2D eigenvalue weighted by Gasteiger charge is -2.38. The number of benzene rings is 1. The van der Waals surface area contributed by atoms with Gasteiger partial charge in [-0.15, -0.1) is 0 Å². The highest BCUT2D eigenvalue weighted by molar-refractivity contribution is 7.22. The quantitative estimate of drug-likeness (QED) is 0.727. The van der Waals surface area contributed by atoms with Crippen LogP contribution in [0.2, 0.25) is 0 Å². The van der Waals surface area contributed by atoms with Crippen LogP contribution in [0.5, 0.6) is 17.2 Å². The molecule has 2 aliphatic rings. The molecule has 0 saturated carbocycles. The third-order valence-electron chi connectivity index (χ3n) is 4.22. The summed E-state index contributed by atoms with van der Waals surface area (Å²) in [6, 6.07) is 7.79. The molecule has 3 aromatic rings. The minimum absolute atomic E-state index is 0.296. The number of hydrogen-bond donors (Lipinski definition) is 0. The Morgan fingerprint density at radius 1 is 1.25 bits per heavy atom. The zero-order valence-corrected chi connectivity index (χ0v) is 13.7. The minimum Gasteiger partial charge on any atom is -0.492 e.